The Hall–Kier alpha value is -1.88. The summed E-state index contributed by atoms with van der Waals surface area (Å²) in [5.41, 5.74) is 6.37. The number of carbonyl (C=O) groups is 2. The van der Waals surface area contributed by atoms with Gasteiger partial charge in [-0.15, -0.1) is 0 Å². The third-order valence-electron chi connectivity index (χ3n) is 2.68. The Balaban J connectivity index is 2.05. The monoisotopic (exact) mass is 233 g/mol. The topological polar surface area (TPSA) is 84.2 Å². The molecule has 5 heteroatoms. The zero-order chi connectivity index (χ0) is 12.5. The molecule has 4 N–H and O–H groups in total. The first-order chi connectivity index (χ1) is 7.99. The predicted octanol–water partition coefficient (Wildman–Crippen LogP) is 1.07. The van der Waals surface area contributed by atoms with Gasteiger partial charge in [0, 0.05) is 18.3 Å². The molecule has 5 nitrogen and oxygen atoms in total. The molecule has 0 aromatic heterocycles. The van der Waals surface area contributed by atoms with Crippen LogP contribution in [0.25, 0.3) is 0 Å². The Labute approximate surface area is 99.4 Å². The van der Waals surface area contributed by atoms with Crippen LogP contribution in [0, 0.1) is 0 Å². The van der Waals surface area contributed by atoms with Gasteiger partial charge in [-0.25, -0.2) is 0 Å². The Morgan fingerprint density at radius 1 is 1.24 bits per heavy atom. The molecule has 0 spiro atoms. The molecule has 0 radical (unpaired) electrons. The zero-order valence-corrected chi connectivity index (χ0v) is 9.62. The summed E-state index contributed by atoms with van der Waals surface area (Å²) in [5, 5.41) is 5.39. The summed E-state index contributed by atoms with van der Waals surface area (Å²) in [4.78, 5) is 22.6. The van der Waals surface area contributed by atoms with Crippen LogP contribution in [0.3, 0.4) is 0 Å². The zero-order valence-electron chi connectivity index (χ0n) is 9.62. The number of carbonyl (C=O) groups excluding carboxylic acids is 2. The lowest BCUT2D eigenvalue weighted by Crippen LogP contribution is -2.37. The van der Waals surface area contributed by atoms with Crippen molar-refractivity contribution in [2.24, 2.45) is 5.73 Å². The molecular formula is C12H15N3O2. The fourth-order valence-electron chi connectivity index (χ4n) is 1.50. The minimum atomic E-state index is -0.690. The van der Waals surface area contributed by atoms with Gasteiger partial charge < -0.3 is 16.4 Å². The van der Waals surface area contributed by atoms with Crippen LogP contribution in [0.1, 0.15) is 19.8 Å². The van der Waals surface area contributed by atoms with Crippen LogP contribution in [0.15, 0.2) is 24.3 Å². The van der Waals surface area contributed by atoms with E-state index in [1.165, 1.54) is 6.92 Å². The Kier molecular flexibility index (Phi) is 2.85. The van der Waals surface area contributed by atoms with E-state index in [4.69, 9.17) is 5.73 Å². The molecule has 0 aliphatic heterocycles. The highest BCUT2D eigenvalue weighted by molar-refractivity contribution is 6.00. The second-order valence-electron chi connectivity index (χ2n) is 4.37. The fraction of sp³-hybridized carbons (Fsp3) is 0.333. The van der Waals surface area contributed by atoms with Crippen molar-refractivity contribution in [2.75, 3.05) is 10.6 Å². The van der Waals surface area contributed by atoms with Gasteiger partial charge in [-0.3, -0.25) is 9.59 Å². The summed E-state index contributed by atoms with van der Waals surface area (Å²) < 4.78 is 0. The maximum atomic E-state index is 11.7. The molecule has 0 saturated heterocycles. The smallest absolute Gasteiger partial charge is 0.244 e. The van der Waals surface area contributed by atoms with Crippen molar-refractivity contribution >= 4 is 23.2 Å². The van der Waals surface area contributed by atoms with Gasteiger partial charge in [0.05, 0.1) is 5.54 Å². The molecule has 17 heavy (non-hydrogen) atoms. The highest BCUT2D eigenvalue weighted by Gasteiger charge is 2.45. The highest BCUT2D eigenvalue weighted by Crippen LogP contribution is 2.33. The van der Waals surface area contributed by atoms with E-state index in [2.05, 4.69) is 10.6 Å². The maximum absolute atomic E-state index is 11.7. The summed E-state index contributed by atoms with van der Waals surface area (Å²) in [7, 11) is 0. The number of hydrogen-bond donors (Lipinski definition) is 3. The van der Waals surface area contributed by atoms with Crippen LogP contribution in [0.5, 0.6) is 0 Å². The van der Waals surface area contributed by atoms with Crippen molar-refractivity contribution in [1.29, 1.82) is 0 Å². The van der Waals surface area contributed by atoms with Crippen molar-refractivity contribution in [3.05, 3.63) is 24.3 Å². The van der Waals surface area contributed by atoms with Gasteiger partial charge in [0.2, 0.25) is 11.8 Å². The summed E-state index contributed by atoms with van der Waals surface area (Å²) in [5.74, 6) is -0.316. The Morgan fingerprint density at radius 2 is 1.82 bits per heavy atom. The van der Waals surface area contributed by atoms with Gasteiger partial charge >= 0.3 is 0 Å². The molecule has 1 fully saturated rings. The second kappa shape index (κ2) is 4.18. The van der Waals surface area contributed by atoms with E-state index in [1.807, 2.05) is 0 Å². The lowest BCUT2D eigenvalue weighted by molar-refractivity contribution is -0.118. The SMILES string of the molecule is CC(=O)Nc1cccc(NC(=O)C2(N)CC2)c1. The third kappa shape index (κ3) is 2.82. The van der Waals surface area contributed by atoms with E-state index in [9.17, 15) is 9.59 Å². The third-order valence-corrected chi connectivity index (χ3v) is 2.68. The quantitative estimate of drug-likeness (QED) is 0.730. The Morgan fingerprint density at radius 3 is 2.35 bits per heavy atom. The standard InChI is InChI=1S/C12H15N3O2/c1-8(16)14-9-3-2-4-10(7-9)15-11(17)12(13)5-6-12/h2-4,7H,5-6,13H2,1H3,(H,14,16)(H,15,17). The summed E-state index contributed by atoms with van der Waals surface area (Å²) in [6.07, 6.45) is 1.45. The lowest BCUT2D eigenvalue weighted by Gasteiger charge is -2.11. The van der Waals surface area contributed by atoms with Crippen molar-refractivity contribution in [3.63, 3.8) is 0 Å². The van der Waals surface area contributed by atoms with Gasteiger partial charge in [0.25, 0.3) is 0 Å². The molecule has 0 heterocycles. The fourth-order valence-corrected chi connectivity index (χ4v) is 1.50. The van der Waals surface area contributed by atoms with Crippen LogP contribution in [-0.4, -0.2) is 17.4 Å². The van der Waals surface area contributed by atoms with E-state index in [1.54, 1.807) is 24.3 Å². The van der Waals surface area contributed by atoms with Gasteiger partial charge in [-0.05, 0) is 31.0 Å². The summed E-state index contributed by atoms with van der Waals surface area (Å²) in [6.45, 7) is 1.43. The number of nitrogens with two attached hydrogens (primary N) is 1. The van der Waals surface area contributed by atoms with Crippen molar-refractivity contribution in [1.82, 2.24) is 0 Å². The molecule has 1 aliphatic carbocycles. The maximum Gasteiger partial charge on any atom is 0.244 e. The van der Waals surface area contributed by atoms with Crippen LogP contribution < -0.4 is 16.4 Å². The first-order valence-corrected chi connectivity index (χ1v) is 5.48. The van der Waals surface area contributed by atoms with Gasteiger partial charge in [-0.1, -0.05) is 6.07 Å². The van der Waals surface area contributed by atoms with Gasteiger partial charge in [-0.2, -0.15) is 0 Å². The van der Waals surface area contributed by atoms with Crippen molar-refractivity contribution < 1.29 is 9.59 Å². The van der Waals surface area contributed by atoms with E-state index in [-0.39, 0.29) is 11.8 Å². The molecule has 0 atom stereocenters. The molecule has 2 rings (SSSR count). The number of rotatable bonds is 3. The van der Waals surface area contributed by atoms with E-state index in [0.717, 1.165) is 12.8 Å². The molecule has 90 valence electrons. The average molecular weight is 233 g/mol. The largest absolute Gasteiger partial charge is 0.326 e. The van der Waals surface area contributed by atoms with Crippen molar-refractivity contribution in [2.45, 2.75) is 25.3 Å². The number of nitrogens with one attached hydrogen (secondary N) is 2. The normalized spacial score (nSPS) is 16.1. The van der Waals surface area contributed by atoms with Crippen LogP contribution in [0.2, 0.25) is 0 Å². The van der Waals surface area contributed by atoms with Crippen LogP contribution in [-0.2, 0) is 9.59 Å². The molecule has 1 aromatic carbocycles. The molecule has 1 aromatic rings. The predicted molar refractivity (Wildman–Crippen MR) is 65.5 cm³/mol. The highest BCUT2D eigenvalue weighted by atomic mass is 16.2. The van der Waals surface area contributed by atoms with Crippen molar-refractivity contribution in [3.8, 4) is 0 Å². The summed E-state index contributed by atoms with van der Waals surface area (Å²) >= 11 is 0. The van der Waals surface area contributed by atoms with Crippen LogP contribution >= 0.6 is 0 Å². The Bertz CT molecular complexity index is 467. The molecule has 1 saturated carbocycles. The molecule has 2 amide bonds. The lowest BCUT2D eigenvalue weighted by atomic mass is 10.2. The number of benzene rings is 1. The molecule has 1 aliphatic rings. The van der Waals surface area contributed by atoms with E-state index in [0.29, 0.717) is 11.4 Å². The van der Waals surface area contributed by atoms with Gasteiger partial charge in [0.15, 0.2) is 0 Å². The second-order valence-corrected chi connectivity index (χ2v) is 4.37. The summed E-state index contributed by atoms with van der Waals surface area (Å²) in [6, 6.07) is 6.98. The first kappa shape index (κ1) is 11.6. The number of anilines is 2. The first-order valence-electron chi connectivity index (χ1n) is 5.48. The molecule has 0 bridgehead atoms. The molecular weight excluding hydrogens is 218 g/mol. The number of hydrogen-bond acceptors (Lipinski definition) is 3. The molecule has 0 unspecified atom stereocenters. The van der Waals surface area contributed by atoms with Gasteiger partial charge in [0.1, 0.15) is 0 Å². The van der Waals surface area contributed by atoms with E-state index >= 15 is 0 Å². The van der Waals surface area contributed by atoms with Crippen LogP contribution in [0.4, 0.5) is 11.4 Å². The minimum absolute atomic E-state index is 0.147. The average Bonchev–Trinajstić information content (AvgIpc) is 2.97. The van der Waals surface area contributed by atoms with E-state index < -0.39 is 5.54 Å². The number of amides is 2. The minimum Gasteiger partial charge on any atom is -0.326 e.